The molecule has 0 saturated heterocycles. The van der Waals surface area contributed by atoms with Gasteiger partial charge in [0.2, 0.25) is 0 Å². The molecule has 0 heterocycles. The maximum atomic E-state index is 2.58. The van der Waals surface area contributed by atoms with Crippen molar-refractivity contribution in [2.24, 2.45) is 17.3 Å². The Balaban J connectivity index is 1.57. The highest BCUT2D eigenvalue weighted by atomic mass is 15.1. The molecule has 0 radical (unpaired) electrons. The molecule has 0 aliphatic heterocycles. The monoisotopic (exact) mass is 361 g/mol. The second kappa shape index (κ2) is 6.92. The number of hydrogen-bond donors (Lipinski definition) is 0. The number of allylic oxidation sites excluding steroid dienone is 3. The zero-order valence-corrected chi connectivity index (χ0v) is 17.2. The van der Waals surface area contributed by atoms with Crippen LogP contribution in [0.1, 0.15) is 63.4 Å². The molecule has 2 fully saturated rings. The number of rotatable bonds is 3. The van der Waals surface area contributed by atoms with E-state index in [1.165, 1.54) is 64.2 Å². The van der Waals surface area contributed by atoms with Gasteiger partial charge in [-0.25, -0.2) is 0 Å². The Labute approximate surface area is 165 Å². The lowest BCUT2D eigenvalue weighted by molar-refractivity contribution is 0.0523. The number of fused-ring (bicyclic) bond motifs is 4. The summed E-state index contributed by atoms with van der Waals surface area (Å²) in [5.41, 5.74) is 7.50. The third-order valence-electron chi connectivity index (χ3n) is 8.33. The summed E-state index contributed by atoms with van der Waals surface area (Å²) in [5, 5.41) is 0. The standard InChI is InChI=1S/C26H35N/c1-27(2)24-18-26(17-19-9-4-3-5-10-19)16-8-13-23(26)22-15-14-20-11-6-7-12-21(20)25(22)24/h3-5,9-11,22-24H,6-8,12-18H2,1-2H3/t22-,23-,24-,26+/m0/s1. The fourth-order valence-corrected chi connectivity index (χ4v) is 7.27. The fraction of sp³-hybridized carbons (Fsp3) is 0.615. The van der Waals surface area contributed by atoms with Gasteiger partial charge in [0.1, 0.15) is 0 Å². The number of nitrogens with zero attached hydrogens (tertiary/aromatic N) is 1. The minimum absolute atomic E-state index is 0.529. The van der Waals surface area contributed by atoms with Crippen LogP contribution >= 0.6 is 0 Å². The Morgan fingerprint density at radius 2 is 1.89 bits per heavy atom. The van der Waals surface area contributed by atoms with Crippen molar-refractivity contribution in [1.29, 1.82) is 0 Å². The van der Waals surface area contributed by atoms with Crippen molar-refractivity contribution in [3.63, 3.8) is 0 Å². The topological polar surface area (TPSA) is 3.24 Å². The quantitative estimate of drug-likeness (QED) is 0.622. The van der Waals surface area contributed by atoms with Gasteiger partial charge in [-0.2, -0.15) is 0 Å². The lowest BCUT2D eigenvalue weighted by atomic mass is 9.54. The number of hydrogen-bond acceptors (Lipinski definition) is 1. The van der Waals surface area contributed by atoms with E-state index in [0.29, 0.717) is 11.5 Å². The molecule has 1 heteroatoms. The highest BCUT2D eigenvalue weighted by Crippen LogP contribution is 2.61. The lowest BCUT2D eigenvalue weighted by Gasteiger charge is -2.54. The average molecular weight is 362 g/mol. The molecule has 0 unspecified atom stereocenters. The first-order valence-corrected chi connectivity index (χ1v) is 11.3. The molecular formula is C26H35N. The van der Waals surface area contributed by atoms with Crippen molar-refractivity contribution in [3.05, 3.63) is 58.7 Å². The van der Waals surface area contributed by atoms with Crippen molar-refractivity contribution in [1.82, 2.24) is 4.90 Å². The van der Waals surface area contributed by atoms with Crippen molar-refractivity contribution >= 4 is 0 Å². The van der Waals surface area contributed by atoms with Gasteiger partial charge in [0, 0.05) is 6.04 Å². The summed E-state index contributed by atoms with van der Waals surface area (Å²) < 4.78 is 0. The second-order valence-electron chi connectivity index (χ2n) is 9.91. The third-order valence-corrected chi connectivity index (χ3v) is 8.33. The van der Waals surface area contributed by atoms with Gasteiger partial charge in [-0.05, 0) is 111 Å². The Morgan fingerprint density at radius 1 is 1.04 bits per heavy atom. The van der Waals surface area contributed by atoms with Crippen LogP contribution in [0.2, 0.25) is 0 Å². The summed E-state index contributed by atoms with van der Waals surface area (Å²) in [5.74, 6) is 1.77. The predicted molar refractivity (Wildman–Crippen MR) is 114 cm³/mol. The molecular weight excluding hydrogens is 326 g/mol. The van der Waals surface area contributed by atoms with E-state index in [1.807, 2.05) is 5.57 Å². The van der Waals surface area contributed by atoms with E-state index < -0.39 is 0 Å². The summed E-state index contributed by atoms with van der Waals surface area (Å²) in [4.78, 5) is 2.56. The van der Waals surface area contributed by atoms with Crippen LogP contribution in [-0.4, -0.2) is 25.0 Å². The Morgan fingerprint density at radius 3 is 2.70 bits per heavy atom. The molecule has 1 aromatic rings. The molecule has 2 saturated carbocycles. The van der Waals surface area contributed by atoms with Crippen LogP contribution in [0.5, 0.6) is 0 Å². The van der Waals surface area contributed by atoms with Crippen molar-refractivity contribution < 1.29 is 0 Å². The highest BCUT2D eigenvalue weighted by Gasteiger charge is 2.54. The fourth-order valence-electron chi connectivity index (χ4n) is 7.27. The van der Waals surface area contributed by atoms with Crippen molar-refractivity contribution in [2.75, 3.05) is 14.1 Å². The van der Waals surface area contributed by atoms with Crippen LogP contribution in [0.25, 0.3) is 0 Å². The molecule has 27 heavy (non-hydrogen) atoms. The van der Waals surface area contributed by atoms with Crippen LogP contribution < -0.4 is 0 Å². The van der Waals surface area contributed by atoms with E-state index in [0.717, 1.165) is 11.8 Å². The van der Waals surface area contributed by atoms with Gasteiger partial charge in [-0.1, -0.05) is 42.8 Å². The van der Waals surface area contributed by atoms with E-state index >= 15 is 0 Å². The van der Waals surface area contributed by atoms with Gasteiger partial charge in [-0.15, -0.1) is 0 Å². The minimum atomic E-state index is 0.529. The molecule has 1 nitrogen and oxygen atoms in total. The van der Waals surface area contributed by atoms with Crippen LogP contribution in [0, 0.1) is 17.3 Å². The Kier molecular flexibility index (Phi) is 4.55. The van der Waals surface area contributed by atoms with Crippen molar-refractivity contribution in [3.8, 4) is 0 Å². The summed E-state index contributed by atoms with van der Waals surface area (Å²) >= 11 is 0. The summed E-state index contributed by atoms with van der Waals surface area (Å²) in [6.45, 7) is 0. The maximum absolute atomic E-state index is 2.58. The predicted octanol–water partition coefficient (Wildman–Crippen LogP) is 6.17. The van der Waals surface area contributed by atoms with E-state index in [1.54, 1.807) is 16.7 Å². The smallest absolute Gasteiger partial charge is 0.0315 e. The van der Waals surface area contributed by atoms with Gasteiger partial charge >= 0.3 is 0 Å². The Hall–Kier alpha value is -1.34. The van der Waals surface area contributed by atoms with Crippen LogP contribution in [0.4, 0.5) is 0 Å². The first kappa shape index (κ1) is 17.7. The van der Waals surface area contributed by atoms with E-state index in [2.05, 4.69) is 55.4 Å². The molecule has 0 aromatic heterocycles. The first-order valence-electron chi connectivity index (χ1n) is 11.3. The first-order chi connectivity index (χ1) is 13.2. The zero-order valence-electron chi connectivity index (χ0n) is 17.2. The molecule has 0 N–H and O–H groups in total. The van der Waals surface area contributed by atoms with Gasteiger partial charge in [0.05, 0.1) is 0 Å². The molecule has 1 aromatic carbocycles. The van der Waals surface area contributed by atoms with Gasteiger partial charge < -0.3 is 4.90 Å². The lowest BCUT2D eigenvalue weighted by Crippen LogP contribution is -2.50. The molecule has 4 aliphatic rings. The van der Waals surface area contributed by atoms with Crippen molar-refractivity contribution in [2.45, 2.75) is 70.3 Å². The van der Waals surface area contributed by atoms with Crippen LogP contribution in [0.15, 0.2) is 53.1 Å². The molecule has 4 atom stereocenters. The summed E-state index contributed by atoms with van der Waals surface area (Å²) in [7, 11) is 4.67. The van der Waals surface area contributed by atoms with E-state index in [4.69, 9.17) is 0 Å². The number of likely N-dealkylation sites (N-methyl/N-ethyl adjacent to an activating group) is 1. The SMILES string of the molecule is CN(C)[C@H]1C[C@]2(Cc3ccccc3)CCC[C@H]2[C@@H]2CCC3=CCCCC3=C21. The largest absolute Gasteiger partial charge is 0.303 e. The average Bonchev–Trinajstić information content (AvgIpc) is 3.11. The van der Waals surface area contributed by atoms with E-state index in [-0.39, 0.29) is 0 Å². The van der Waals surface area contributed by atoms with Gasteiger partial charge in [0.25, 0.3) is 0 Å². The van der Waals surface area contributed by atoms with E-state index in [9.17, 15) is 0 Å². The molecule has 144 valence electrons. The summed E-state index contributed by atoms with van der Waals surface area (Å²) in [6, 6.07) is 12.0. The minimum Gasteiger partial charge on any atom is -0.303 e. The van der Waals surface area contributed by atoms with Crippen LogP contribution in [0.3, 0.4) is 0 Å². The third kappa shape index (κ3) is 2.94. The van der Waals surface area contributed by atoms with Gasteiger partial charge in [-0.3, -0.25) is 0 Å². The van der Waals surface area contributed by atoms with Crippen LogP contribution in [-0.2, 0) is 6.42 Å². The molecule has 0 amide bonds. The molecule has 5 rings (SSSR count). The maximum Gasteiger partial charge on any atom is 0.0315 e. The Bertz CT molecular complexity index is 756. The molecule has 0 spiro atoms. The molecule has 4 aliphatic carbocycles. The normalized spacial score (nSPS) is 35.5. The number of benzene rings is 1. The van der Waals surface area contributed by atoms with Gasteiger partial charge in [0.15, 0.2) is 0 Å². The molecule has 0 bridgehead atoms. The summed E-state index contributed by atoms with van der Waals surface area (Å²) in [6.07, 6.45) is 16.4. The highest BCUT2D eigenvalue weighted by molar-refractivity contribution is 5.45. The second-order valence-corrected chi connectivity index (χ2v) is 9.91. The zero-order chi connectivity index (χ0) is 18.4.